The number of nitrogens with two attached hydrogens (primary N) is 1. The molecule has 6 nitrogen and oxygen atoms in total. The summed E-state index contributed by atoms with van der Waals surface area (Å²) >= 11 is 0. The molecule has 236 valence electrons. The van der Waals surface area contributed by atoms with Crippen molar-refractivity contribution in [3.63, 3.8) is 0 Å². The fourth-order valence-corrected chi connectivity index (χ4v) is 7.01. The van der Waals surface area contributed by atoms with Gasteiger partial charge in [-0.25, -0.2) is 4.39 Å². The summed E-state index contributed by atoms with van der Waals surface area (Å²) in [7, 11) is 0. The number of amides is 1. The summed E-state index contributed by atoms with van der Waals surface area (Å²) < 4.78 is 21.8. The van der Waals surface area contributed by atoms with Crippen LogP contribution >= 0.6 is 0 Å². The Bertz CT molecular complexity index is 1490. The summed E-state index contributed by atoms with van der Waals surface area (Å²) in [6.45, 7) is 10.0. The molecule has 1 saturated carbocycles. The molecule has 2 atom stereocenters. The highest BCUT2D eigenvalue weighted by Crippen LogP contribution is 2.56. The van der Waals surface area contributed by atoms with Gasteiger partial charge in [-0.15, -0.1) is 0 Å². The van der Waals surface area contributed by atoms with Crippen molar-refractivity contribution in [1.29, 1.82) is 0 Å². The number of aliphatic carboxylic acids is 1. The van der Waals surface area contributed by atoms with Crippen molar-refractivity contribution in [3.8, 4) is 16.9 Å². The van der Waals surface area contributed by atoms with Crippen LogP contribution in [-0.4, -0.2) is 22.1 Å². The highest BCUT2D eigenvalue weighted by atomic mass is 19.1. The molecule has 0 aliphatic heterocycles. The van der Waals surface area contributed by atoms with Crippen LogP contribution in [-0.2, 0) is 28.2 Å². The number of primary amides is 1. The van der Waals surface area contributed by atoms with Crippen LogP contribution in [0.15, 0.2) is 60.7 Å². The van der Waals surface area contributed by atoms with E-state index in [0.29, 0.717) is 40.3 Å². The van der Waals surface area contributed by atoms with E-state index in [2.05, 4.69) is 20.8 Å². The normalized spacial score (nSPS) is 15.1. The first kappa shape index (κ1) is 33.2. The molecular weight excluding hydrogens is 557 g/mol. The maximum absolute atomic E-state index is 15.5. The molecule has 0 aromatic heterocycles. The van der Waals surface area contributed by atoms with Crippen LogP contribution in [0.5, 0.6) is 5.75 Å². The van der Waals surface area contributed by atoms with Gasteiger partial charge in [0.1, 0.15) is 18.2 Å². The van der Waals surface area contributed by atoms with Gasteiger partial charge in [-0.1, -0.05) is 57.2 Å². The molecule has 4 rings (SSSR count). The molecule has 2 unspecified atom stereocenters. The lowest BCUT2D eigenvalue weighted by Gasteiger charge is -2.39. The number of para-hydroxylation sites is 1. The van der Waals surface area contributed by atoms with Gasteiger partial charge in [0, 0.05) is 11.1 Å². The van der Waals surface area contributed by atoms with Gasteiger partial charge in [-0.05, 0) is 110 Å². The molecule has 3 aromatic rings. The Morgan fingerprint density at radius 2 is 1.73 bits per heavy atom. The summed E-state index contributed by atoms with van der Waals surface area (Å²) in [6.07, 6.45) is 4.80. The third-order valence-electron chi connectivity index (χ3n) is 9.72. The molecule has 0 bridgehead atoms. The number of benzene rings is 3. The zero-order valence-electron chi connectivity index (χ0n) is 26.5. The van der Waals surface area contributed by atoms with Crippen molar-refractivity contribution in [1.82, 2.24) is 0 Å². The number of ether oxygens (including phenoxy) is 1. The van der Waals surface area contributed by atoms with E-state index in [-0.39, 0.29) is 35.5 Å². The van der Waals surface area contributed by atoms with E-state index in [1.165, 1.54) is 18.9 Å². The van der Waals surface area contributed by atoms with Crippen molar-refractivity contribution in [2.24, 2.45) is 23.0 Å². The van der Waals surface area contributed by atoms with E-state index < -0.39 is 29.2 Å². The molecular formula is C37H46FNO5. The first-order valence-electron chi connectivity index (χ1n) is 15.7. The number of carboxylic acids is 1. The maximum atomic E-state index is 15.5. The second-order valence-electron chi connectivity index (χ2n) is 13.0. The summed E-state index contributed by atoms with van der Waals surface area (Å²) in [5.74, 6) is -1.40. The Hall–Kier alpha value is -3.71. The highest BCUT2D eigenvalue weighted by molar-refractivity contribution is 5.78. The van der Waals surface area contributed by atoms with Crippen LogP contribution in [0.1, 0.15) is 94.9 Å². The fourth-order valence-electron chi connectivity index (χ4n) is 7.01. The maximum Gasteiger partial charge on any atom is 0.311 e. The second kappa shape index (κ2) is 13.5. The SMILES string of the molecule is CCC(CC)(C(C)CC(C(=O)O)c1ccccc1OCc1cc(-c2cccc(CC(N)=O)c2F)cc(C(C)(C)O)c1)C1CC1. The van der Waals surface area contributed by atoms with Crippen molar-refractivity contribution in [2.75, 3.05) is 0 Å². The predicted molar refractivity (Wildman–Crippen MR) is 171 cm³/mol. The van der Waals surface area contributed by atoms with Crippen molar-refractivity contribution < 1.29 is 28.9 Å². The van der Waals surface area contributed by atoms with Crippen LogP contribution in [0.25, 0.3) is 11.1 Å². The number of rotatable bonds is 15. The van der Waals surface area contributed by atoms with Crippen molar-refractivity contribution in [2.45, 2.75) is 91.3 Å². The van der Waals surface area contributed by atoms with E-state index in [1.807, 2.05) is 18.2 Å². The Morgan fingerprint density at radius 3 is 2.32 bits per heavy atom. The molecule has 44 heavy (non-hydrogen) atoms. The quantitative estimate of drug-likeness (QED) is 0.165. The summed E-state index contributed by atoms with van der Waals surface area (Å²) in [6, 6.07) is 17.4. The van der Waals surface area contributed by atoms with E-state index in [4.69, 9.17) is 10.5 Å². The topological polar surface area (TPSA) is 110 Å². The van der Waals surface area contributed by atoms with Gasteiger partial charge >= 0.3 is 5.97 Å². The minimum atomic E-state index is -1.22. The summed E-state index contributed by atoms with van der Waals surface area (Å²) in [5, 5.41) is 21.3. The molecule has 1 amide bonds. The van der Waals surface area contributed by atoms with E-state index >= 15 is 4.39 Å². The minimum absolute atomic E-state index is 0.0777. The number of aliphatic hydroxyl groups is 1. The Morgan fingerprint density at radius 1 is 1.05 bits per heavy atom. The van der Waals surface area contributed by atoms with Crippen LogP contribution in [0, 0.1) is 23.1 Å². The fraction of sp³-hybridized carbons (Fsp3) is 0.459. The Labute approximate surface area is 260 Å². The standard InChI is InChI=1S/C37H46FNO5/c1-6-37(7-2,27-15-16-27)23(3)17-31(35(41)42)30-12-8-9-14-32(30)44-22-24-18-26(20-28(19-24)36(4,5)43)29-13-10-11-25(34(29)38)21-33(39)40/h8-14,18-20,23,27,31,43H,6-7,15-17,21-22H2,1-5H3,(H2,39,40)(H,41,42). The number of carbonyl (C=O) groups is 2. The monoisotopic (exact) mass is 603 g/mol. The third kappa shape index (κ3) is 7.32. The molecule has 1 fully saturated rings. The van der Waals surface area contributed by atoms with Crippen LogP contribution < -0.4 is 10.5 Å². The highest BCUT2D eigenvalue weighted by Gasteiger charge is 2.47. The zero-order valence-corrected chi connectivity index (χ0v) is 26.5. The molecule has 0 radical (unpaired) electrons. The molecule has 0 spiro atoms. The Balaban J connectivity index is 1.65. The van der Waals surface area contributed by atoms with Gasteiger partial charge in [-0.3, -0.25) is 9.59 Å². The number of hydrogen-bond donors (Lipinski definition) is 3. The Kier molecular flexibility index (Phi) is 10.2. The largest absolute Gasteiger partial charge is 0.489 e. The third-order valence-corrected chi connectivity index (χ3v) is 9.72. The van der Waals surface area contributed by atoms with E-state index in [1.54, 1.807) is 50.2 Å². The van der Waals surface area contributed by atoms with Gasteiger partial charge < -0.3 is 20.7 Å². The predicted octanol–water partition coefficient (Wildman–Crippen LogP) is 7.74. The first-order chi connectivity index (χ1) is 20.8. The zero-order chi connectivity index (χ0) is 32.2. The van der Waals surface area contributed by atoms with Gasteiger partial charge in [0.2, 0.25) is 5.91 Å². The molecule has 0 heterocycles. The average Bonchev–Trinajstić information content (AvgIpc) is 3.82. The number of carboxylic acid groups (broad SMARTS) is 1. The van der Waals surface area contributed by atoms with Crippen molar-refractivity contribution in [3.05, 3.63) is 88.7 Å². The number of hydrogen-bond acceptors (Lipinski definition) is 4. The van der Waals surface area contributed by atoms with Crippen LogP contribution in [0.3, 0.4) is 0 Å². The minimum Gasteiger partial charge on any atom is -0.489 e. The second-order valence-corrected chi connectivity index (χ2v) is 13.0. The van der Waals surface area contributed by atoms with Gasteiger partial charge in [0.25, 0.3) is 0 Å². The number of halogens is 1. The summed E-state index contributed by atoms with van der Waals surface area (Å²) in [4.78, 5) is 24.2. The molecule has 7 heteroatoms. The van der Waals surface area contributed by atoms with Crippen molar-refractivity contribution >= 4 is 11.9 Å². The van der Waals surface area contributed by atoms with E-state index in [0.717, 1.165) is 12.8 Å². The summed E-state index contributed by atoms with van der Waals surface area (Å²) in [5.41, 5.74) is 7.11. The van der Waals surface area contributed by atoms with Gasteiger partial charge in [0.05, 0.1) is 17.9 Å². The van der Waals surface area contributed by atoms with E-state index in [9.17, 15) is 19.8 Å². The lowest BCUT2D eigenvalue weighted by Crippen LogP contribution is -2.32. The van der Waals surface area contributed by atoms with Crippen LogP contribution in [0.4, 0.5) is 4.39 Å². The van der Waals surface area contributed by atoms with Crippen LogP contribution in [0.2, 0.25) is 0 Å². The molecule has 0 saturated heterocycles. The smallest absolute Gasteiger partial charge is 0.311 e. The number of carbonyl (C=O) groups excluding carboxylic acids is 1. The molecule has 1 aliphatic rings. The molecule has 4 N–H and O–H groups in total. The molecule has 1 aliphatic carbocycles. The first-order valence-corrected chi connectivity index (χ1v) is 15.7. The molecule has 3 aromatic carbocycles. The average molecular weight is 604 g/mol. The van der Waals surface area contributed by atoms with Gasteiger partial charge in [-0.2, -0.15) is 0 Å². The lowest BCUT2D eigenvalue weighted by atomic mass is 9.65. The lowest BCUT2D eigenvalue weighted by molar-refractivity contribution is -0.139. The van der Waals surface area contributed by atoms with Gasteiger partial charge in [0.15, 0.2) is 0 Å².